The van der Waals surface area contributed by atoms with Crippen molar-refractivity contribution in [3.8, 4) is 0 Å². The molecule has 0 amide bonds. The van der Waals surface area contributed by atoms with Gasteiger partial charge in [-0.3, -0.25) is 4.90 Å². The summed E-state index contributed by atoms with van der Waals surface area (Å²) < 4.78 is 0.991. The molecule has 0 aromatic carbocycles. The first kappa shape index (κ1) is 8.66. The van der Waals surface area contributed by atoms with Gasteiger partial charge in [-0.2, -0.15) is 0 Å². The van der Waals surface area contributed by atoms with Crippen LogP contribution in [-0.4, -0.2) is 24.0 Å². The van der Waals surface area contributed by atoms with Crippen molar-refractivity contribution >= 4 is 27.3 Å². The summed E-state index contributed by atoms with van der Waals surface area (Å²) in [7, 11) is 4.25. The van der Waals surface area contributed by atoms with Gasteiger partial charge in [0.2, 0.25) is 0 Å². The lowest BCUT2D eigenvalue weighted by Crippen LogP contribution is -2.27. The van der Waals surface area contributed by atoms with E-state index in [0.29, 0.717) is 0 Å². The highest BCUT2D eigenvalue weighted by atomic mass is 79.9. The molecule has 1 saturated carbocycles. The number of nitrogens with zero attached hydrogens (tertiary/aromatic N) is 2. The zero-order valence-corrected chi connectivity index (χ0v) is 9.57. The van der Waals surface area contributed by atoms with Crippen molar-refractivity contribution in [3.05, 3.63) is 15.0 Å². The van der Waals surface area contributed by atoms with Gasteiger partial charge in [0.05, 0.1) is 11.2 Å². The number of rotatable bonds is 2. The Bertz CT molecular complexity index is 291. The van der Waals surface area contributed by atoms with Crippen molar-refractivity contribution in [1.82, 2.24) is 9.88 Å². The quantitative estimate of drug-likeness (QED) is 0.798. The number of hydrogen-bond donors (Lipinski definition) is 0. The maximum Gasteiger partial charge on any atom is 0.159 e. The van der Waals surface area contributed by atoms with Gasteiger partial charge in [-0.25, -0.2) is 4.98 Å². The van der Waals surface area contributed by atoms with Crippen LogP contribution in [0.5, 0.6) is 0 Å². The van der Waals surface area contributed by atoms with Crippen LogP contribution in [0.4, 0.5) is 0 Å². The molecule has 0 unspecified atom stereocenters. The summed E-state index contributed by atoms with van der Waals surface area (Å²) in [5.41, 5.74) is 1.49. The molecular weight excluding hydrogens is 236 g/mol. The molecule has 1 aromatic heterocycles. The van der Waals surface area contributed by atoms with Gasteiger partial charge in [-0.05, 0) is 42.9 Å². The zero-order valence-electron chi connectivity index (χ0n) is 7.17. The summed E-state index contributed by atoms with van der Waals surface area (Å²) in [6.45, 7) is 0. The monoisotopic (exact) mass is 246 g/mol. The minimum Gasteiger partial charge on any atom is -0.298 e. The highest BCUT2D eigenvalue weighted by Crippen LogP contribution is 2.49. The van der Waals surface area contributed by atoms with E-state index in [-0.39, 0.29) is 5.54 Å². The first-order chi connectivity index (χ1) is 5.65. The molecule has 2 nitrogen and oxygen atoms in total. The Morgan fingerprint density at radius 3 is 2.58 bits per heavy atom. The molecule has 0 radical (unpaired) electrons. The maximum atomic E-state index is 4.46. The van der Waals surface area contributed by atoms with E-state index in [0.717, 1.165) is 3.92 Å². The molecule has 1 aromatic rings. The molecule has 0 aliphatic heterocycles. The zero-order chi connectivity index (χ0) is 8.77. The van der Waals surface area contributed by atoms with Crippen LogP contribution >= 0.6 is 27.3 Å². The molecule has 1 aliphatic rings. The third kappa shape index (κ3) is 1.22. The van der Waals surface area contributed by atoms with Crippen molar-refractivity contribution < 1.29 is 0 Å². The molecule has 0 bridgehead atoms. The molecule has 0 saturated heterocycles. The van der Waals surface area contributed by atoms with Gasteiger partial charge >= 0.3 is 0 Å². The lowest BCUT2D eigenvalue weighted by atomic mass is 10.2. The van der Waals surface area contributed by atoms with Gasteiger partial charge in [0.25, 0.3) is 0 Å². The van der Waals surface area contributed by atoms with Crippen LogP contribution in [0.25, 0.3) is 0 Å². The molecule has 66 valence electrons. The Morgan fingerprint density at radius 2 is 2.25 bits per heavy atom. The topological polar surface area (TPSA) is 16.1 Å². The summed E-state index contributed by atoms with van der Waals surface area (Å²) in [4.78, 5) is 6.73. The van der Waals surface area contributed by atoms with Crippen LogP contribution in [0.3, 0.4) is 0 Å². The van der Waals surface area contributed by atoms with Crippen LogP contribution in [0.2, 0.25) is 0 Å². The highest BCUT2D eigenvalue weighted by molar-refractivity contribution is 9.11. The molecular formula is C8H11BrN2S. The van der Waals surface area contributed by atoms with Crippen LogP contribution in [0, 0.1) is 0 Å². The third-order valence-corrected chi connectivity index (χ3v) is 3.90. The second kappa shape index (κ2) is 2.79. The average molecular weight is 247 g/mol. The smallest absolute Gasteiger partial charge is 0.159 e. The molecule has 0 spiro atoms. The fraction of sp³-hybridized carbons (Fsp3) is 0.625. The van der Waals surface area contributed by atoms with Gasteiger partial charge in [0, 0.05) is 5.38 Å². The highest BCUT2D eigenvalue weighted by Gasteiger charge is 2.48. The normalized spacial score (nSPS) is 20.0. The summed E-state index contributed by atoms with van der Waals surface area (Å²) in [6.07, 6.45) is 2.49. The van der Waals surface area contributed by atoms with E-state index < -0.39 is 0 Å². The Labute approximate surface area is 84.7 Å². The SMILES string of the molecule is CN(C)C1(c2csc(Br)n2)CC1. The lowest BCUT2D eigenvalue weighted by Gasteiger charge is -2.21. The summed E-state index contributed by atoms with van der Waals surface area (Å²) in [5.74, 6) is 0. The number of thiazole rings is 1. The van der Waals surface area contributed by atoms with Gasteiger partial charge in [-0.15, -0.1) is 11.3 Å². The molecule has 2 rings (SSSR count). The average Bonchev–Trinajstić information content (AvgIpc) is 2.71. The van der Waals surface area contributed by atoms with Crippen LogP contribution in [0.15, 0.2) is 9.30 Å². The Hall–Kier alpha value is 0.0700. The van der Waals surface area contributed by atoms with E-state index in [9.17, 15) is 0 Å². The van der Waals surface area contributed by atoms with Gasteiger partial charge in [0.15, 0.2) is 3.92 Å². The van der Waals surface area contributed by atoms with Crippen molar-refractivity contribution in [2.45, 2.75) is 18.4 Å². The Balaban J connectivity index is 2.30. The third-order valence-electron chi connectivity index (χ3n) is 2.53. The molecule has 4 heteroatoms. The fourth-order valence-electron chi connectivity index (χ4n) is 1.52. The lowest BCUT2D eigenvalue weighted by molar-refractivity contribution is 0.270. The standard InChI is InChI=1S/C8H11BrN2S/c1-11(2)8(3-4-8)6-5-12-7(9)10-6/h5H,3-4H2,1-2H3. The summed E-state index contributed by atoms with van der Waals surface area (Å²) >= 11 is 5.06. The van der Waals surface area contributed by atoms with E-state index in [4.69, 9.17) is 0 Å². The molecule has 0 atom stereocenters. The van der Waals surface area contributed by atoms with Crippen molar-refractivity contribution in [2.75, 3.05) is 14.1 Å². The molecule has 1 fully saturated rings. The van der Waals surface area contributed by atoms with Crippen molar-refractivity contribution in [2.24, 2.45) is 0 Å². The van der Waals surface area contributed by atoms with Crippen LogP contribution in [0.1, 0.15) is 18.5 Å². The number of aromatic nitrogens is 1. The van der Waals surface area contributed by atoms with Crippen LogP contribution in [-0.2, 0) is 5.54 Å². The summed E-state index contributed by atoms with van der Waals surface area (Å²) in [6, 6.07) is 0. The van der Waals surface area contributed by atoms with Gasteiger partial charge in [-0.1, -0.05) is 0 Å². The Morgan fingerprint density at radius 1 is 1.58 bits per heavy atom. The molecule has 1 aliphatic carbocycles. The number of hydrogen-bond acceptors (Lipinski definition) is 3. The maximum absolute atomic E-state index is 4.46. The van der Waals surface area contributed by atoms with E-state index in [1.165, 1.54) is 18.5 Å². The molecule has 0 N–H and O–H groups in total. The van der Waals surface area contributed by atoms with Gasteiger partial charge < -0.3 is 0 Å². The minimum atomic E-state index is 0.266. The van der Waals surface area contributed by atoms with Gasteiger partial charge in [0.1, 0.15) is 0 Å². The van der Waals surface area contributed by atoms with E-state index in [1.54, 1.807) is 11.3 Å². The van der Waals surface area contributed by atoms with E-state index in [1.807, 2.05) is 0 Å². The predicted octanol–water partition coefficient (Wildman–Crippen LogP) is 2.46. The second-order valence-electron chi connectivity index (χ2n) is 3.41. The largest absolute Gasteiger partial charge is 0.298 e. The first-order valence-corrected chi connectivity index (χ1v) is 5.61. The fourth-order valence-corrected chi connectivity index (χ4v) is 2.62. The van der Waals surface area contributed by atoms with Crippen LogP contribution < -0.4 is 0 Å². The minimum absolute atomic E-state index is 0.266. The summed E-state index contributed by atoms with van der Waals surface area (Å²) in [5, 5.41) is 2.15. The predicted molar refractivity (Wildman–Crippen MR) is 54.4 cm³/mol. The number of halogens is 1. The molecule has 12 heavy (non-hydrogen) atoms. The van der Waals surface area contributed by atoms with Crippen molar-refractivity contribution in [3.63, 3.8) is 0 Å². The molecule has 1 heterocycles. The van der Waals surface area contributed by atoms with E-state index >= 15 is 0 Å². The Kier molecular flexibility index (Phi) is 2.01. The second-order valence-corrected chi connectivity index (χ2v) is 5.55. The first-order valence-electron chi connectivity index (χ1n) is 3.94. The van der Waals surface area contributed by atoms with Crippen molar-refractivity contribution in [1.29, 1.82) is 0 Å². The van der Waals surface area contributed by atoms with E-state index in [2.05, 4.69) is 45.3 Å².